The molecule has 0 unspecified atom stereocenters. The minimum atomic E-state index is 0.130. The van der Waals surface area contributed by atoms with E-state index in [1.165, 1.54) is 11.1 Å². The van der Waals surface area contributed by atoms with Gasteiger partial charge in [-0.2, -0.15) is 5.10 Å². The molecule has 1 aromatic carbocycles. The van der Waals surface area contributed by atoms with E-state index in [2.05, 4.69) is 41.4 Å². The Bertz CT molecular complexity index is 773. The Morgan fingerprint density at radius 3 is 3.00 bits per heavy atom. The summed E-state index contributed by atoms with van der Waals surface area (Å²) >= 11 is 0. The first-order valence-corrected chi connectivity index (χ1v) is 8.08. The van der Waals surface area contributed by atoms with Gasteiger partial charge in [-0.15, -0.1) is 5.10 Å². The highest BCUT2D eigenvalue weighted by Crippen LogP contribution is 2.48. The maximum absolute atomic E-state index is 12.8. The van der Waals surface area contributed by atoms with Gasteiger partial charge in [0.25, 0.3) is 0 Å². The second-order valence-electron chi connectivity index (χ2n) is 6.61. The van der Waals surface area contributed by atoms with E-state index in [4.69, 9.17) is 5.73 Å². The first-order chi connectivity index (χ1) is 11.1. The summed E-state index contributed by atoms with van der Waals surface area (Å²) in [6.07, 6.45) is 1.72. The molecule has 1 fully saturated rings. The van der Waals surface area contributed by atoms with Gasteiger partial charge in [-0.3, -0.25) is 4.79 Å². The lowest BCUT2D eigenvalue weighted by Crippen LogP contribution is -2.37. The number of hydrogen-bond acceptors (Lipinski definition) is 4. The summed E-state index contributed by atoms with van der Waals surface area (Å²) in [5.74, 6) is 1.19. The minimum absolute atomic E-state index is 0.130. The number of aromatic nitrogens is 2. The molecule has 0 saturated heterocycles. The predicted octanol–water partition coefficient (Wildman–Crippen LogP) is 2.06. The van der Waals surface area contributed by atoms with Crippen molar-refractivity contribution in [2.24, 2.45) is 5.92 Å². The number of carbonyl (C=O) groups excluding carboxylic acids is 1. The maximum Gasteiger partial charge on any atom is 0.226 e. The minimum Gasteiger partial charge on any atom is -0.382 e. The van der Waals surface area contributed by atoms with Crippen molar-refractivity contribution in [2.45, 2.75) is 32.2 Å². The van der Waals surface area contributed by atoms with Gasteiger partial charge >= 0.3 is 0 Å². The zero-order valence-corrected chi connectivity index (χ0v) is 13.2. The Hall–Kier alpha value is -2.43. The number of fused-ring (bicyclic) bond motifs is 1. The molecule has 0 radical (unpaired) electrons. The Morgan fingerprint density at radius 1 is 1.30 bits per heavy atom. The fourth-order valence-electron chi connectivity index (χ4n) is 3.51. The summed E-state index contributed by atoms with van der Waals surface area (Å²) in [4.78, 5) is 14.7. The molecule has 0 bridgehead atoms. The number of benzene rings is 1. The van der Waals surface area contributed by atoms with E-state index in [0.29, 0.717) is 18.3 Å². The summed E-state index contributed by atoms with van der Waals surface area (Å²) in [5.41, 5.74) is 10.2. The number of anilines is 1. The smallest absolute Gasteiger partial charge is 0.226 e. The van der Waals surface area contributed by atoms with Crippen molar-refractivity contribution in [3.05, 3.63) is 52.7 Å². The molecule has 2 N–H and O–H groups in total. The van der Waals surface area contributed by atoms with Crippen molar-refractivity contribution in [2.75, 3.05) is 12.3 Å². The van der Waals surface area contributed by atoms with Crippen LogP contribution in [0.25, 0.3) is 0 Å². The largest absolute Gasteiger partial charge is 0.382 e. The third kappa shape index (κ3) is 2.67. The van der Waals surface area contributed by atoms with Crippen molar-refractivity contribution in [3.8, 4) is 0 Å². The van der Waals surface area contributed by atoms with Gasteiger partial charge in [0, 0.05) is 25.4 Å². The van der Waals surface area contributed by atoms with Crippen LogP contribution in [0.5, 0.6) is 0 Å². The van der Waals surface area contributed by atoms with E-state index in [0.717, 1.165) is 30.6 Å². The lowest BCUT2D eigenvalue weighted by Gasteiger charge is -2.28. The lowest BCUT2D eigenvalue weighted by molar-refractivity contribution is -0.133. The number of nitrogens with two attached hydrogens (primary N) is 1. The fourth-order valence-corrected chi connectivity index (χ4v) is 3.51. The van der Waals surface area contributed by atoms with Crippen LogP contribution in [0.15, 0.2) is 30.3 Å². The van der Waals surface area contributed by atoms with Gasteiger partial charge in [0.1, 0.15) is 5.82 Å². The van der Waals surface area contributed by atoms with Crippen LogP contribution >= 0.6 is 0 Å². The maximum atomic E-state index is 12.8. The van der Waals surface area contributed by atoms with Crippen LogP contribution in [0.4, 0.5) is 5.82 Å². The summed E-state index contributed by atoms with van der Waals surface area (Å²) in [7, 11) is 0. The number of aryl methyl sites for hydroxylation is 1. The van der Waals surface area contributed by atoms with E-state index in [-0.39, 0.29) is 11.8 Å². The van der Waals surface area contributed by atoms with E-state index in [1.54, 1.807) is 0 Å². The van der Waals surface area contributed by atoms with Crippen LogP contribution in [0, 0.1) is 12.8 Å². The highest BCUT2D eigenvalue weighted by atomic mass is 16.2. The molecule has 4 rings (SSSR count). The lowest BCUT2D eigenvalue weighted by atomic mass is 10.0. The Kier molecular flexibility index (Phi) is 3.29. The molecule has 1 aromatic heterocycles. The molecule has 1 saturated carbocycles. The van der Waals surface area contributed by atoms with Crippen LogP contribution in [0.2, 0.25) is 0 Å². The van der Waals surface area contributed by atoms with Crippen LogP contribution in [0.3, 0.4) is 0 Å². The molecule has 118 valence electrons. The number of amides is 1. The fraction of sp³-hybridized carbons (Fsp3) is 0.389. The third-order valence-electron chi connectivity index (χ3n) is 4.85. The molecule has 1 aliphatic heterocycles. The molecule has 5 heteroatoms. The highest BCUT2D eigenvalue weighted by Gasteiger charge is 2.46. The van der Waals surface area contributed by atoms with E-state index < -0.39 is 0 Å². The van der Waals surface area contributed by atoms with Crippen molar-refractivity contribution in [3.63, 3.8) is 0 Å². The van der Waals surface area contributed by atoms with Crippen molar-refractivity contribution < 1.29 is 4.79 Å². The van der Waals surface area contributed by atoms with Crippen LogP contribution < -0.4 is 5.73 Å². The number of rotatable bonds is 2. The molecule has 2 heterocycles. The monoisotopic (exact) mass is 308 g/mol. The summed E-state index contributed by atoms with van der Waals surface area (Å²) in [5, 5.41) is 8.03. The molecular formula is C18H20N4O. The van der Waals surface area contributed by atoms with Crippen LogP contribution in [-0.4, -0.2) is 27.5 Å². The Morgan fingerprint density at radius 2 is 2.17 bits per heavy atom. The van der Waals surface area contributed by atoms with Crippen LogP contribution in [0.1, 0.15) is 34.7 Å². The number of hydrogen-bond donors (Lipinski definition) is 1. The van der Waals surface area contributed by atoms with Gasteiger partial charge in [-0.05, 0) is 36.5 Å². The second-order valence-corrected chi connectivity index (χ2v) is 6.61. The van der Waals surface area contributed by atoms with Crippen molar-refractivity contribution in [1.82, 2.24) is 15.1 Å². The molecule has 1 aliphatic carbocycles. The molecule has 0 spiro atoms. The van der Waals surface area contributed by atoms with E-state index >= 15 is 0 Å². The van der Waals surface area contributed by atoms with Crippen LogP contribution in [-0.2, 0) is 17.8 Å². The van der Waals surface area contributed by atoms with Gasteiger partial charge in [-0.25, -0.2) is 0 Å². The number of nitrogen functional groups attached to an aromatic ring is 1. The van der Waals surface area contributed by atoms with Gasteiger partial charge in [0.05, 0.1) is 5.69 Å². The van der Waals surface area contributed by atoms with E-state index in [1.807, 2.05) is 11.0 Å². The van der Waals surface area contributed by atoms with Gasteiger partial charge in [-0.1, -0.05) is 29.8 Å². The summed E-state index contributed by atoms with van der Waals surface area (Å²) in [6.45, 7) is 3.42. The van der Waals surface area contributed by atoms with Crippen molar-refractivity contribution >= 4 is 11.7 Å². The van der Waals surface area contributed by atoms with Gasteiger partial charge in [0.15, 0.2) is 0 Å². The van der Waals surface area contributed by atoms with E-state index in [9.17, 15) is 4.79 Å². The molecule has 2 aliphatic rings. The molecule has 2 aromatic rings. The highest BCUT2D eigenvalue weighted by molar-refractivity contribution is 5.83. The first-order valence-electron chi connectivity index (χ1n) is 8.08. The zero-order valence-electron chi connectivity index (χ0n) is 13.2. The van der Waals surface area contributed by atoms with Gasteiger partial charge in [0.2, 0.25) is 5.91 Å². The quantitative estimate of drug-likeness (QED) is 0.921. The second kappa shape index (κ2) is 5.33. The standard InChI is InChI=1S/C18H20N4O/c1-11-3-2-4-12(7-11)14-9-15(14)18(23)22-6-5-16-13(10-22)8-17(19)21-20-16/h2-4,7-8,14-15H,5-6,9-10H2,1H3,(H2,19,21)/t14-,15-/m1/s1. The number of carbonyl (C=O) groups is 1. The Balaban J connectivity index is 1.47. The average molecular weight is 308 g/mol. The normalized spacial score (nSPS) is 22.6. The molecule has 2 atom stereocenters. The first kappa shape index (κ1) is 14.2. The SMILES string of the molecule is Cc1cccc([C@H]2C[C@H]2C(=O)N2CCc3nnc(N)cc3C2)c1. The molecule has 5 nitrogen and oxygen atoms in total. The molecular weight excluding hydrogens is 288 g/mol. The molecule has 1 amide bonds. The third-order valence-corrected chi connectivity index (χ3v) is 4.85. The van der Waals surface area contributed by atoms with Gasteiger partial charge < -0.3 is 10.6 Å². The van der Waals surface area contributed by atoms with Crippen molar-refractivity contribution in [1.29, 1.82) is 0 Å². The number of nitrogens with zero attached hydrogens (tertiary/aromatic N) is 3. The average Bonchev–Trinajstić information content (AvgIpc) is 3.34. The zero-order chi connectivity index (χ0) is 16.0. The molecule has 23 heavy (non-hydrogen) atoms. The summed E-state index contributed by atoms with van der Waals surface area (Å²) in [6, 6.07) is 10.3. The predicted molar refractivity (Wildman–Crippen MR) is 87.6 cm³/mol. The summed E-state index contributed by atoms with van der Waals surface area (Å²) < 4.78 is 0. The topological polar surface area (TPSA) is 72.1 Å². The Labute approximate surface area is 135 Å².